The lowest BCUT2D eigenvalue weighted by atomic mass is 10.1. The smallest absolute Gasteiger partial charge is 0.255 e. The molecule has 2 heterocycles. The molecule has 0 spiro atoms. The van der Waals surface area contributed by atoms with Gasteiger partial charge in [-0.25, -0.2) is 8.42 Å². The van der Waals surface area contributed by atoms with Crippen molar-refractivity contribution in [1.82, 2.24) is 9.21 Å². The summed E-state index contributed by atoms with van der Waals surface area (Å²) in [6, 6.07) is 16.8. The normalized spacial score (nSPS) is 18.6. The molecule has 4 rings (SSSR count). The molecule has 2 aliphatic heterocycles. The third-order valence-corrected chi connectivity index (χ3v) is 7.70. The molecule has 0 unspecified atom stereocenters. The van der Waals surface area contributed by atoms with E-state index < -0.39 is 10.0 Å². The van der Waals surface area contributed by atoms with E-state index in [-0.39, 0.29) is 16.4 Å². The van der Waals surface area contributed by atoms with Crippen LogP contribution < -0.4 is 4.90 Å². The van der Waals surface area contributed by atoms with E-state index in [2.05, 4.69) is 17.0 Å². The largest absolute Gasteiger partial charge is 0.368 e. The highest BCUT2D eigenvalue weighted by atomic mass is 32.2. The van der Waals surface area contributed by atoms with Crippen molar-refractivity contribution in [3.63, 3.8) is 0 Å². The molecule has 0 saturated carbocycles. The molecule has 7 heteroatoms. The van der Waals surface area contributed by atoms with E-state index in [1.165, 1.54) is 4.31 Å². The number of piperidine rings is 1. The van der Waals surface area contributed by atoms with Crippen LogP contribution in [0.1, 0.15) is 29.6 Å². The second-order valence-electron chi connectivity index (χ2n) is 7.58. The van der Waals surface area contributed by atoms with E-state index >= 15 is 0 Å². The van der Waals surface area contributed by atoms with Gasteiger partial charge in [0, 0.05) is 45.0 Å². The molecule has 29 heavy (non-hydrogen) atoms. The Morgan fingerprint density at radius 3 is 2.03 bits per heavy atom. The van der Waals surface area contributed by atoms with Crippen molar-refractivity contribution < 1.29 is 13.2 Å². The van der Waals surface area contributed by atoms with Gasteiger partial charge in [-0.05, 0) is 37.1 Å². The quantitative estimate of drug-likeness (QED) is 0.773. The number of benzene rings is 2. The van der Waals surface area contributed by atoms with Gasteiger partial charge in [0.25, 0.3) is 5.91 Å². The predicted octanol–water partition coefficient (Wildman–Crippen LogP) is 2.82. The fourth-order valence-corrected chi connectivity index (χ4v) is 5.79. The van der Waals surface area contributed by atoms with Crippen molar-refractivity contribution in [2.45, 2.75) is 24.2 Å². The molecule has 2 aliphatic rings. The molecule has 1 amide bonds. The number of nitrogens with zero attached hydrogens (tertiary/aromatic N) is 3. The zero-order valence-electron chi connectivity index (χ0n) is 16.5. The molecule has 0 bridgehead atoms. The monoisotopic (exact) mass is 413 g/mol. The highest BCUT2D eigenvalue weighted by Crippen LogP contribution is 2.25. The molecule has 2 aromatic carbocycles. The standard InChI is InChI=1S/C22H27N3O3S/c26-22(24-17-15-23(16-18-24)19-9-3-1-4-10-19)20-11-5-6-12-21(20)29(27,28)25-13-7-2-8-14-25/h1,3-6,9-12H,2,7-8,13-18H2. The molecule has 0 atom stereocenters. The van der Waals surface area contributed by atoms with Gasteiger partial charge in [-0.3, -0.25) is 4.79 Å². The summed E-state index contributed by atoms with van der Waals surface area (Å²) in [6.45, 7) is 3.67. The minimum atomic E-state index is -3.65. The van der Waals surface area contributed by atoms with E-state index in [9.17, 15) is 13.2 Å². The first-order chi connectivity index (χ1) is 14.1. The number of hydrogen-bond donors (Lipinski definition) is 0. The van der Waals surface area contributed by atoms with Crippen LogP contribution in [0, 0.1) is 0 Å². The summed E-state index contributed by atoms with van der Waals surface area (Å²) in [6.07, 6.45) is 2.80. The van der Waals surface area contributed by atoms with Crippen LogP contribution >= 0.6 is 0 Å². The number of para-hydroxylation sites is 1. The first-order valence-corrected chi connectivity index (χ1v) is 11.7. The Bertz CT molecular complexity index is 948. The van der Waals surface area contributed by atoms with E-state index in [4.69, 9.17) is 0 Å². The highest BCUT2D eigenvalue weighted by Gasteiger charge is 2.32. The zero-order chi connectivity index (χ0) is 20.3. The van der Waals surface area contributed by atoms with Gasteiger partial charge < -0.3 is 9.80 Å². The third kappa shape index (κ3) is 4.16. The van der Waals surface area contributed by atoms with Gasteiger partial charge in [-0.15, -0.1) is 0 Å². The number of carbonyl (C=O) groups is 1. The van der Waals surface area contributed by atoms with Crippen LogP contribution in [0.4, 0.5) is 5.69 Å². The first-order valence-electron chi connectivity index (χ1n) is 10.3. The van der Waals surface area contributed by atoms with Gasteiger partial charge in [0.15, 0.2) is 0 Å². The highest BCUT2D eigenvalue weighted by molar-refractivity contribution is 7.89. The Labute approximate surface area is 172 Å². The number of hydrogen-bond acceptors (Lipinski definition) is 4. The summed E-state index contributed by atoms with van der Waals surface area (Å²) >= 11 is 0. The van der Waals surface area contributed by atoms with Gasteiger partial charge >= 0.3 is 0 Å². The Kier molecular flexibility index (Phi) is 5.87. The van der Waals surface area contributed by atoms with Gasteiger partial charge in [-0.1, -0.05) is 36.8 Å². The van der Waals surface area contributed by atoms with Crippen molar-refractivity contribution in [2.75, 3.05) is 44.2 Å². The number of piperazine rings is 1. The maximum atomic E-state index is 13.2. The van der Waals surface area contributed by atoms with E-state index in [1.807, 2.05) is 18.2 Å². The van der Waals surface area contributed by atoms with Gasteiger partial charge in [0.05, 0.1) is 10.5 Å². The van der Waals surface area contributed by atoms with E-state index in [0.717, 1.165) is 38.0 Å². The number of anilines is 1. The molecule has 0 radical (unpaired) electrons. The lowest BCUT2D eigenvalue weighted by Crippen LogP contribution is -2.49. The Morgan fingerprint density at radius 2 is 1.34 bits per heavy atom. The Morgan fingerprint density at radius 1 is 0.724 bits per heavy atom. The lowest BCUT2D eigenvalue weighted by molar-refractivity contribution is 0.0742. The van der Waals surface area contributed by atoms with Crippen molar-refractivity contribution in [1.29, 1.82) is 0 Å². The van der Waals surface area contributed by atoms with Crippen molar-refractivity contribution in [3.8, 4) is 0 Å². The molecular formula is C22H27N3O3S. The molecule has 0 aromatic heterocycles. The summed E-state index contributed by atoms with van der Waals surface area (Å²) in [5.41, 5.74) is 1.43. The minimum absolute atomic E-state index is 0.136. The molecule has 2 aromatic rings. The van der Waals surface area contributed by atoms with Crippen LogP contribution in [0.15, 0.2) is 59.5 Å². The average Bonchev–Trinajstić information content (AvgIpc) is 2.80. The van der Waals surface area contributed by atoms with Gasteiger partial charge in [0.1, 0.15) is 0 Å². The summed E-state index contributed by atoms with van der Waals surface area (Å²) in [5, 5.41) is 0. The molecular weight excluding hydrogens is 386 g/mol. The van der Waals surface area contributed by atoms with E-state index in [1.54, 1.807) is 29.2 Å². The Balaban J connectivity index is 1.51. The second kappa shape index (κ2) is 8.55. The van der Waals surface area contributed by atoms with Gasteiger partial charge in [0.2, 0.25) is 10.0 Å². The number of carbonyl (C=O) groups excluding carboxylic acids is 1. The summed E-state index contributed by atoms with van der Waals surface area (Å²) < 4.78 is 27.9. The predicted molar refractivity (Wildman–Crippen MR) is 114 cm³/mol. The third-order valence-electron chi connectivity index (χ3n) is 5.74. The Hall–Kier alpha value is -2.38. The molecule has 2 saturated heterocycles. The first kappa shape index (κ1) is 19.9. The molecule has 0 N–H and O–H groups in total. The zero-order valence-corrected chi connectivity index (χ0v) is 17.4. The fraction of sp³-hybridized carbons (Fsp3) is 0.409. The molecule has 0 aliphatic carbocycles. The topological polar surface area (TPSA) is 60.9 Å². The summed E-state index contributed by atoms with van der Waals surface area (Å²) in [5.74, 6) is -0.200. The van der Waals surface area contributed by atoms with Crippen molar-refractivity contribution in [3.05, 3.63) is 60.2 Å². The van der Waals surface area contributed by atoms with Crippen LogP contribution in [0.2, 0.25) is 0 Å². The van der Waals surface area contributed by atoms with Crippen LogP contribution in [0.3, 0.4) is 0 Å². The lowest BCUT2D eigenvalue weighted by Gasteiger charge is -2.36. The minimum Gasteiger partial charge on any atom is -0.368 e. The fourth-order valence-electron chi connectivity index (χ4n) is 4.09. The van der Waals surface area contributed by atoms with Crippen LogP contribution in [-0.4, -0.2) is 62.8 Å². The molecule has 6 nitrogen and oxygen atoms in total. The van der Waals surface area contributed by atoms with Crippen molar-refractivity contribution >= 4 is 21.6 Å². The number of sulfonamides is 1. The second-order valence-corrected chi connectivity index (χ2v) is 9.48. The number of amides is 1. The van der Waals surface area contributed by atoms with Crippen molar-refractivity contribution in [2.24, 2.45) is 0 Å². The maximum Gasteiger partial charge on any atom is 0.255 e. The SMILES string of the molecule is O=C(c1ccccc1S(=O)(=O)N1CCCCC1)N1CCN(c2ccccc2)CC1. The molecule has 2 fully saturated rings. The average molecular weight is 414 g/mol. The number of rotatable bonds is 4. The maximum absolute atomic E-state index is 13.2. The van der Waals surface area contributed by atoms with Crippen LogP contribution in [0.25, 0.3) is 0 Å². The van der Waals surface area contributed by atoms with Gasteiger partial charge in [-0.2, -0.15) is 4.31 Å². The summed E-state index contributed by atoms with van der Waals surface area (Å²) in [4.78, 5) is 17.4. The van der Waals surface area contributed by atoms with Crippen LogP contribution in [-0.2, 0) is 10.0 Å². The van der Waals surface area contributed by atoms with E-state index in [0.29, 0.717) is 26.2 Å². The summed E-state index contributed by atoms with van der Waals surface area (Å²) in [7, 11) is -3.65. The van der Waals surface area contributed by atoms with Crippen LogP contribution in [0.5, 0.6) is 0 Å². The molecule has 154 valence electrons.